The lowest BCUT2D eigenvalue weighted by Gasteiger charge is -2.26. The summed E-state index contributed by atoms with van der Waals surface area (Å²) in [5.41, 5.74) is 0. The topological polar surface area (TPSA) is 70.0 Å². The number of aliphatic hydroxyl groups is 2. The first kappa shape index (κ1) is 14.8. The quantitative estimate of drug-likeness (QED) is 0.618. The molecule has 1 heterocycles. The van der Waals surface area contributed by atoms with E-state index in [-0.39, 0.29) is 12.5 Å². The van der Waals surface area contributed by atoms with Crippen LogP contribution in [-0.2, 0) is 9.53 Å². The minimum atomic E-state index is -0.644. The van der Waals surface area contributed by atoms with Gasteiger partial charge in [0.25, 0.3) is 0 Å². The van der Waals surface area contributed by atoms with Crippen molar-refractivity contribution in [1.29, 1.82) is 0 Å². The van der Waals surface area contributed by atoms with Crippen molar-refractivity contribution >= 4 is 17.7 Å². The first-order chi connectivity index (χ1) is 8.24. The SMILES string of the molecule is O=C(CCCSCC(O)CO)N1CCOCC1. The third-order valence-corrected chi connectivity index (χ3v) is 3.76. The summed E-state index contributed by atoms with van der Waals surface area (Å²) >= 11 is 1.57. The van der Waals surface area contributed by atoms with Gasteiger partial charge < -0.3 is 19.8 Å². The van der Waals surface area contributed by atoms with Crippen molar-refractivity contribution in [2.24, 2.45) is 0 Å². The van der Waals surface area contributed by atoms with Gasteiger partial charge in [-0.3, -0.25) is 4.79 Å². The fourth-order valence-electron chi connectivity index (χ4n) is 1.57. The Morgan fingerprint density at radius 3 is 2.76 bits per heavy atom. The van der Waals surface area contributed by atoms with E-state index in [1.165, 1.54) is 0 Å². The summed E-state index contributed by atoms with van der Waals surface area (Å²) in [6, 6.07) is 0. The lowest BCUT2D eigenvalue weighted by atomic mass is 10.3. The van der Waals surface area contributed by atoms with Crippen LogP contribution in [0.1, 0.15) is 12.8 Å². The number of hydrogen-bond donors (Lipinski definition) is 2. The van der Waals surface area contributed by atoms with Gasteiger partial charge in [-0.05, 0) is 12.2 Å². The Morgan fingerprint density at radius 1 is 1.41 bits per heavy atom. The molecule has 0 bridgehead atoms. The maximum Gasteiger partial charge on any atom is 0.222 e. The van der Waals surface area contributed by atoms with E-state index >= 15 is 0 Å². The molecule has 1 unspecified atom stereocenters. The first-order valence-corrected chi connectivity index (χ1v) is 7.11. The zero-order valence-electron chi connectivity index (χ0n) is 10.0. The molecule has 0 saturated carbocycles. The summed E-state index contributed by atoms with van der Waals surface area (Å²) in [4.78, 5) is 13.6. The minimum absolute atomic E-state index is 0.191. The third kappa shape index (κ3) is 6.26. The van der Waals surface area contributed by atoms with Crippen molar-refractivity contribution in [3.63, 3.8) is 0 Å². The lowest BCUT2D eigenvalue weighted by molar-refractivity contribution is -0.135. The van der Waals surface area contributed by atoms with Gasteiger partial charge in [-0.1, -0.05) is 0 Å². The molecular formula is C11H21NO4S. The Balaban J connectivity index is 2.00. The van der Waals surface area contributed by atoms with E-state index in [0.29, 0.717) is 38.5 Å². The highest BCUT2D eigenvalue weighted by Crippen LogP contribution is 2.08. The largest absolute Gasteiger partial charge is 0.394 e. The Bertz CT molecular complexity index is 222. The van der Waals surface area contributed by atoms with E-state index < -0.39 is 6.10 Å². The van der Waals surface area contributed by atoms with Crippen LogP contribution in [0.5, 0.6) is 0 Å². The normalized spacial score (nSPS) is 18.1. The maximum atomic E-state index is 11.7. The number of thioether (sulfide) groups is 1. The highest BCUT2D eigenvalue weighted by molar-refractivity contribution is 7.99. The van der Waals surface area contributed by atoms with Gasteiger partial charge in [-0.2, -0.15) is 11.8 Å². The van der Waals surface area contributed by atoms with Gasteiger partial charge >= 0.3 is 0 Å². The van der Waals surface area contributed by atoms with Gasteiger partial charge in [-0.25, -0.2) is 0 Å². The molecule has 1 fully saturated rings. The molecule has 6 heteroatoms. The molecule has 1 atom stereocenters. The molecule has 1 amide bonds. The van der Waals surface area contributed by atoms with E-state index in [0.717, 1.165) is 12.2 Å². The number of nitrogens with zero attached hydrogens (tertiary/aromatic N) is 1. The molecule has 1 rings (SSSR count). The van der Waals surface area contributed by atoms with Crippen molar-refractivity contribution in [3.8, 4) is 0 Å². The summed E-state index contributed by atoms with van der Waals surface area (Å²) in [5.74, 6) is 1.56. The molecule has 1 aliphatic rings. The van der Waals surface area contributed by atoms with Crippen LogP contribution in [0.15, 0.2) is 0 Å². The Morgan fingerprint density at radius 2 is 2.12 bits per heavy atom. The van der Waals surface area contributed by atoms with Gasteiger partial charge in [0, 0.05) is 25.3 Å². The smallest absolute Gasteiger partial charge is 0.222 e. The average Bonchev–Trinajstić information content (AvgIpc) is 2.38. The number of aliphatic hydroxyl groups excluding tert-OH is 2. The Hall–Kier alpha value is -0.300. The predicted octanol–water partition coefficient (Wildman–Crippen LogP) is -0.288. The van der Waals surface area contributed by atoms with Crippen LogP contribution in [0.4, 0.5) is 0 Å². The lowest BCUT2D eigenvalue weighted by Crippen LogP contribution is -2.40. The highest BCUT2D eigenvalue weighted by Gasteiger charge is 2.15. The van der Waals surface area contributed by atoms with Gasteiger partial charge in [0.1, 0.15) is 0 Å². The van der Waals surface area contributed by atoms with Gasteiger partial charge in [0.15, 0.2) is 0 Å². The van der Waals surface area contributed by atoms with Crippen molar-refractivity contribution in [1.82, 2.24) is 4.90 Å². The molecule has 0 aromatic rings. The standard InChI is InChI=1S/C11H21NO4S/c13-8-10(14)9-17-7-1-2-11(15)12-3-5-16-6-4-12/h10,13-14H,1-9H2. The van der Waals surface area contributed by atoms with E-state index in [4.69, 9.17) is 14.9 Å². The number of rotatable bonds is 7. The summed E-state index contributed by atoms with van der Waals surface area (Å²) in [7, 11) is 0. The molecule has 100 valence electrons. The molecule has 0 aliphatic carbocycles. The van der Waals surface area contributed by atoms with Crippen molar-refractivity contribution < 1.29 is 19.7 Å². The zero-order chi connectivity index (χ0) is 12.5. The summed E-state index contributed by atoms with van der Waals surface area (Å²) in [6.07, 6.45) is 0.733. The molecule has 17 heavy (non-hydrogen) atoms. The number of ether oxygens (including phenoxy) is 1. The molecule has 0 aromatic carbocycles. The van der Waals surface area contributed by atoms with Gasteiger partial charge in [0.05, 0.1) is 25.9 Å². The number of carbonyl (C=O) groups is 1. The number of carbonyl (C=O) groups excluding carboxylic acids is 1. The second kappa shape index (κ2) is 8.74. The van der Waals surface area contributed by atoms with Crippen LogP contribution in [0.3, 0.4) is 0 Å². The Labute approximate surface area is 106 Å². The van der Waals surface area contributed by atoms with Crippen LogP contribution >= 0.6 is 11.8 Å². The molecule has 1 aliphatic heterocycles. The van der Waals surface area contributed by atoms with Crippen LogP contribution in [-0.4, -0.2) is 71.5 Å². The molecule has 5 nitrogen and oxygen atoms in total. The van der Waals surface area contributed by atoms with Crippen molar-refractivity contribution in [2.75, 3.05) is 44.4 Å². The summed E-state index contributed by atoms with van der Waals surface area (Å²) in [6.45, 7) is 2.50. The van der Waals surface area contributed by atoms with Gasteiger partial charge in [0.2, 0.25) is 5.91 Å². The fraction of sp³-hybridized carbons (Fsp3) is 0.909. The second-order valence-electron chi connectivity index (χ2n) is 4.01. The summed E-state index contributed by atoms with van der Waals surface area (Å²) in [5, 5.41) is 17.7. The number of morpholine rings is 1. The van der Waals surface area contributed by atoms with E-state index in [9.17, 15) is 4.79 Å². The van der Waals surface area contributed by atoms with Crippen molar-refractivity contribution in [2.45, 2.75) is 18.9 Å². The highest BCUT2D eigenvalue weighted by atomic mass is 32.2. The second-order valence-corrected chi connectivity index (χ2v) is 5.16. The molecule has 2 N–H and O–H groups in total. The average molecular weight is 263 g/mol. The summed E-state index contributed by atoms with van der Waals surface area (Å²) < 4.78 is 5.18. The number of hydrogen-bond acceptors (Lipinski definition) is 5. The van der Waals surface area contributed by atoms with E-state index in [1.807, 2.05) is 4.90 Å². The first-order valence-electron chi connectivity index (χ1n) is 5.96. The minimum Gasteiger partial charge on any atom is -0.394 e. The van der Waals surface area contributed by atoms with Crippen molar-refractivity contribution in [3.05, 3.63) is 0 Å². The van der Waals surface area contributed by atoms with Gasteiger partial charge in [-0.15, -0.1) is 0 Å². The number of amides is 1. The van der Waals surface area contributed by atoms with Crippen LogP contribution in [0, 0.1) is 0 Å². The van der Waals surface area contributed by atoms with E-state index in [1.54, 1.807) is 11.8 Å². The molecule has 0 radical (unpaired) electrons. The van der Waals surface area contributed by atoms with Crippen LogP contribution < -0.4 is 0 Å². The fourth-order valence-corrected chi connectivity index (χ4v) is 2.46. The third-order valence-electron chi connectivity index (χ3n) is 2.56. The molecule has 0 aromatic heterocycles. The Kier molecular flexibility index (Phi) is 7.59. The van der Waals surface area contributed by atoms with E-state index in [2.05, 4.69) is 0 Å². The van der Waals surface area contributed by atoms with Crippen LogP contribution in [0.2, 0.25) is 0 Å². The molecule has 0 spiro atoms. The monoisotopic (exact) mass is 263 g/mol. The molecular weight excluding hydrogens is 242 g/mol. The zero-order valence-corrected chi connectivity index (χ0v) is 10.8. The molecule has 1 saturated heterocycles. The predicted molar refractivity (Wildman–Crippen MR) is 67.1 cm³/mol. The maximum absolute atomic E-state index is 11.7. The van der Waals surface area contributed by atoms with Crippen LogP contribution in [0.25, 0.3) is 0 Å².